The minimum absolute atomic E-state index is 0. The predicted octanol–water partition coefficient (Wildman–Crippen LogP) is 2.73. The topological polar surface area (TPSA) is 34.9 Å². The van der Waals surface area contributed by atoms with E-state index in [0.717, 1.165) is 11.0 Å². The monoisotopic (exact) mass is 332 g/mol. The summed E-state index contributed by atoms with van der Waals surface area (Å²) in [5.74, 6) is 0.0811. The molecule has 2 rings (SSSR count). The Morgan fingerprint density at radius 1 is 1.53 bits per heavy atom. The van der Waals surface area contributed by atoms with Crippen LogP contribution in [-0.2, 0) is 7.05 Å². The lowest BCUT2D eigenvalue weighted by Crippen LogP contribution is -1.99. The number of carbonyl (C=O) groups excluding carboxylic acids is 1. The van der Waals surface area contributed by atoms with Crippen molar-refractivity contribution in [3.8, 4) is 0 Å². The molecule has 3 nitrogen and oxygen atoms in total. The van der Waals surface area contributed by atoms with Crippen LogP contribution in [-0.4, -0.2) is 20.7 Å². The molecule has 1 aromatic heterocycles. The van der Waals surface area contributed by atoms with E-state index in [1.54, 1.807) is 6.33 Å². The molecule has 15 heavy (non-hydrogen) atoms. The highest BCUT2D eigenvalue weighted by Crippen LogP contribution is 2.14. The Hall–Kier alpha value is -0.680. The van der Waals surface area contributed by atoms with E-state index in [4.69, 9.17) is 0 Å². The minimum atomic E-state index is 0. The summed E-state index contributed by atoms with van der Waals surface area (Å²) < 4.78 is 1.93. The Balaban J connectivity index is 0.00000112. The molecule has 0 saturated heterocycles. The van der Waals surface area contributed by atoms with Gasteiger partial charge in [-0.1, -0.05) is 15.9 Å². The first-order chi connectivity index (χ1) is 6.72. The number of aryl methyl sites for hydroxylation is 1. The van der Waals surface area contributed by atoms with E-state index < -0.39 is 0 Å². The molecule has 80 valence electrons. The number of rotatable bonds is 2. The molecule has 0 atom stereocenters. The van der Waals surface area contributed by atoms with Gasteiger partial charge in [0.15, 0.2) is 5.78 Å². The summed E-state index contributed by atoms with van der Waals surface area (Å²) in [5, 5.41) is 0.353. The maximum Gasteiger partial charge on any atom is 0.173 e. The van der Waals surface area contributed by atoms with Crippen molar-refractivity contribution in [2.45, 2.75) is 0 Å². The Morgan fingerprint density at radius 2 is 2.27 bits per heavy atom. The average Bonchev–Trinajstić information content (AvgIpc) is 2.59. The van der Waals surface area contributed by atoms with Gasteiger partial charge in [0.1, 0.15) is 0 Å². The molecule has 5 heteroatoms. The predicted molar refractivity (Wildman–Crippen MR) is 69.2 cm³/mol. The highest BCUT2D eigenvalue weighted by molar-refractivity contribution is 9.09. The van der Waals surface area contributed by atoms with Crippen molar-refractivity contribution in [3.63, 3.8) is 0 Å². The molecule has 0 radical (unpaired) electrons. The van der Waals surface area contributed by atoms with Crippen LogP contribution >= 0.6 is 32.9 Å². The van der Waals surface area contributed by atoms with Gasteiger partial charge < -0.3 is 4.57 Å². The molecule has 1 heterocycles. The van der Waals surface area contributed by atoms with Crippen LogP contribution in [0.4, 0.5) is 0 Å². The first-order valence-electron chi connectivity index (χ1n) is 4.22. The minimum Gasteiger partial charge on any atom is -0.334 e. The van der Waals surface area contributed by atoms with E-state index in [9.17, 15) is 4.79 Å². The van der Waals surface area contributed by atoms with Crippen LogP contribution in [0.3, 0.4) is 0 Å². The Morgan fingerprint density at radius 3 is 2.93 bits per heavy atom. The molecule has 0 bridgehead atoms. The summed E-state index contributed by atoms with van der Waals surface area (Å²) in [6, 6.07) is 5.56. The van der Waals surface area contributed by atoms with E-state index in [0.29, 0.717) is 10.9 Å². The van der Waals surface area contributed by atoms with Gasteiger partial charge in [0.05, 0.1) is 22.7 Å². The summed E-state index contributed by atoms with van der Waals surface area (Å²) in [5.41, 5.74) is 2.60. The van der Waals surface area contributed by atoms with Gasteiger partial charge in [-0.3, -0.25) is 4.79 Å². The van der Waals surface area contributed by atoms with Crippen LogP contribution in [0.25, 0.3) is 11.0 Å². The molecule has 0 aliphatic heterocycles. The summed E-state index contributed by atoms with van der Waals surface area (Å²) in [4.78, 5) is 15.6. The van der Waals surface area contributed by atoms with Gasteiger partial charge in [-0.15, -0.1) is 17.0 Å². The fourth-order valence-electron chi connectivity index (χ4n) is 1.39. The molecule has 0 aliphatic rings. The number of carbonyl (C=O) groups is 1. The third-order valence-electron chi connectivity index (χ3n) is 2.17. The first kappa shape index (κ1) is 12.4. The van der Waals surface area contributed by atoms with Crippen molar-refractivity contribution < 1.29 is 4.79 Å². The second-order valence-electron chi connectivity index (χ2n) is 3.12. The summed E-state index contributed by atoms with van der Waals surface area (Å²) in [6.45, 7) is 0. The smallest absolute Gasteiger partial charge is 0.173 e. The lowest BCUT2D eigenvalue weighted by atomic mass is 10.1. The van der Waals surface area contributed by atoms with Crippen molar-refractivity contribution in [2.24, 2.45) is 7.05 Å². The second-order valence-corrected chi connectivity index (χ2v) is 3.68. The maximum atomic E-state index is 11.4. The maximum absolute atomic E-state index is 11.4. The van der Waals surface area contributed by atoms with Gasteiger partial charge in [-0.2, -0.15) is 0 Å². The first-order valence-corrected chi connectivity index (χ1v) is 5.35. The third kappa shape index (κ3) is 2.29. The zero-order chi connectivity index (χ0) is 10.1. The van der Waals surface area contributed by atoms with Crippen LogP contribution in [0.15, 0.2) is 24.5 Å². The third-order valence-corrected chi connectivity index (χ3v) is 2.68. The summed E-state index contributed by atoms with van der Waals surface area (Å²) in [6.07, 6.45) is 1.74. The van der Waals surface area contributed by atoms with Crippen molar-refractivity contribution in [1.82, 2.24) is 9.55 Å². The van der Waals surface area contributed by atoms with Crippen LogP contribution in [0.2, 0.25) is 0 Å². The molecular formula is C10H10Br2N2O. The van der Waals surface area contributed by atoms with Gasteiger partial charge in [-0.25, -0.2) is 4.98 Å². The summed E-state index contributed by atoms with van der Waals surface area (Å²) >= 11 is 3.15. The second kappa shape index (κ2) is 4.90. The van der Waals surface area contributed by atoms with Crippen LogP contribution in [0.1, 0.15) is 10.4 Å². The fourth-order valence-corrected chi connectivity index (χ4v) is 1.71. The van der Waals surface area contributed by atoms with E-state index in [-0.39, 0.29) is 22.8 Å². The van der Waals surface area contributed by atoms with E-state index in [1.165, 1.54) is 0 Å². The SMILES string of the molecule is Br.Cn1cnc2cc(C(=O)CBr)ccc21. The molecule has 0 amide bonds. The highest BCUT2D eigenvalue weighted by atomic mass is 79.9. The van der Waals surface area contributed by atoms with Gasteiger partial charge in [0.2, 0.25) is 0 Å². The van der Waals surface area contributed by atoms with Gasteiger partial charge in [0, 0.05) is 12.6 Å². The number of halogens is 2. The zero-order valence-corrected chi connectivity index (χ0v) is 11.4. The number of fused-ring (bicyclic) bond motifs is 1. The van der Waals surface area contributed by atoms with Gasteiger partial charge in [-0.05, 0) is 18.2 Å². The number of hydrogen-bond acceptors (Lipinski definition) is 2. The Bertz CT molecular complexity index is 493. The van der Waals surface area contributed by atoms with Crippen molar-refractivity contribution in [3.05, 3.63) is 30.1 Å². The molecular weight excluding hydrogens is 324 g/mol. The number of benzene rings is 1. The Kier molecular flexibility index (Phi) is 4.04. The molecule has 0 aliphatic carbocycles. The number of Topliss-reactive ketones (excluding diaryl/α,β-unsaturated/α-hetero) is 1. The van der Waals surface area contributed by atoms with Crippen molar-refractivity contribution in [1.29, 1.82) is 0 Å². The number of alkyl halides is 1. The number of aromatic nitrogens is 2. The van der Waals surface area contributed by atoms with Crippen molar-refractivity contribution in [2.75, 3.05) is 5.33 Å². The largest absolute Gasteiger partial charge is 0.334 e. The van der Waals surface area contributed by atoms with E-state index >= 15 is 0 Å². The highest BCUT2D eigenvalue weighted by Gasteiger charge is 2.06. The van der Waals surface area contributed by atoms with Gasteiger partial charge >= 0.3 is 0 Å². The van der Waals surface area contributed by atoms with E-state index in [2.05, 4.69) is 20.9 Å². The van der Waals surface area contributed by atoms with E-state index in [1.807, 2.05) is 29.8 Å². The molecule has 0 fully saturated rings. The number of hydrogen-bond donors (Lipinski definition) is 0. The molecule has 0 saturated carbocycles. The molecule has 0 spiro atoms. The summed E-state index contributed by atoms with van der Waals surface area (Å²) in [7, 11) is 1.93. The standard InChI is InChI=1S/C10H9BrN2O.BrH/c1-13-6-12-8-4-7(10(14)5-11)2-3-9(8)13;/h2-4,6H,5H2,1H3;1H. The quantitative estimate of drug-likeness (QED) is 0.625. The number of imidazole rings is 1. The zero-order valence-electron chi connectivity index (χ0n) is 8.11. The molecule has 1 aromatic carbocycles. The van der Waals surface area contributed by atoms with Crippen molar-refractivity contribution >= 4 is 49.7 Å². The Labute approximate surface area is 106 Å². The number of ketones is 1. The number of nitrogens with zero attached hydrogens (tertiary/aromatic N) is 2. The molecule has 2 aromatic rings. The normalized spacial score (nSPS) is 10.0. The lowest BCUT2D eigenvalue weighted by molar-refractivity contribution is 0.102. The van der Waals surface area contributed by atoms with Crippen LogP contribution < -0.4 is 0 Å². The fraction of sp³-hybridized carbons (Fsp3) is 0.200. The lowest BCUT2D eigenvalue weighted by Gasteiger charge is -1.97. The van der Waals surface area contributed by atoms with Crippen LogP contribution in [0, 0.1) is 0 Å². The van der Waals surface area contributed by atoms with Gasteiger partial charge in [0.25, 0.3) is 0 Å². The average molecular weight is 334 g/mol. The molecule has 0 N–H and O–H groups in total. The molecule has 0 unspecified atom stereocenters. The van der Waals surface area contributed by atoms with Crippen LogP contribution in [0.5, 0.6) is 0 Å².